The Morgan fingerprint density at radius 3 is 2.60 bits per heavy atom. The van der Waals surface area contributed by atoms with Crippen molar-refractivity contribution in [3.05, 3.63) is 65.7 Å². The molecule has 0 aromatic heterocycles. The van der Waals surface area contributed by atoms with Crippen molar-refractivity contribution >= 4 is 11.6 Å². The van der Waals surface area contributed by atoms with Crippen LogP contribution < -0.4 is 5.32 Å². The van der Waals surface area contributed by atoms with E-state index in [0.717, 1.165) is 30.7 Å². The number of anilines is 1. The maximum absolute atomic E-state index is 12.8. The van der Waals surface area contributed by atoms with Crippen LogP contribution in [0.4, 0.5) is 18.9 Å². The predicted molar refractivity (Wildman–Crippen MR) is 89.9 cm³/mol. The lowest BCUT2D eigenvalue weighted by molar-refractivity contribution is -0.137. The van der Waals surface area contributed by atoms with Crippen molar-refractivity contribution in [2.24, 2.45) is 0 Å². The number of hydrogen-bond donors (Lipinski definition) is 1. The van der Waals surface area contributed by atoms with E-state index >= 15 is 0 Å². The topological polar surface area (TPSA) is 32.3 Å². The number of nitrogens with zero attached hydrogens (tertiary/aromatic N) is 1. The number of likely N-dealkylation sites (tertiary alicyclic amines) is 1. The van der Waals surface area contributed by atoms with E-state index in [-0.39, 0.29) is 17.6 Å². The van der Waals surface area contributed by atoms with E-state index < -0.39 is 11.7 Å². The SMILES string of the molecule is O=C(Nc1cccc(C(F)(F)F)c1)C1CCCN1Cc1ccccc1. The van der Waals surface area contributed by atoms with Crippen molar-refractivity contribution in [3.8, 4) is 0 Å². The second kappa shape index (κ2) is 7.27. The van der Waals surface area contributed by atoms with Gasteiger partial charge in [0.25, 0.3) is 0 Å². The molecule has 0 radical (unpaired) electrons. The molecule has 132 valence electrons. The van der Waals surface area contributed by atoms with Gasteiger partial charge in [-0.15, -0.1) is 0 Å². The number of hydrogen-bond acceptors (Lipinski definition) is 2. The summed E-state index contributed by atoms with van der Waals surface area (Å²) in [5.74, 6) is -0.257. The molecule has 0 saturated carbocycles. The summed E-state index contributed by atoms with van der Waals surface area (Å²) in [6.45, 7) is 1.46. The fourth-order valence-corrected chi connectivity index (χ4v) is 3.13. The summed E-state index contributed by atoms with van der Waals surface area (Å²) in [6, 6.07) is 14.2. The minimum atomic E-state index is -4.42. The van der Waals surface area contributed by atoms with E-state index in [4.69, 9.17) is 0 Å². The van der Waals surface area contributed by atoms with Gasteiger partial charge in [0.2, 0.25) is 5.91 Å². The Labute approximate surface area is 144 Å². The van der Waals surface area contributed by atoms with Gasteiger partial charge in [-0.05, 0) is 43.1 Å². The van der Waals surface area contributed by atoms with E-state index in [2.05, 4.69) is 10.2 Å². The summed E-state index contributed by atoms with van der Waals surface area (Å²) in [5, 5.41) is 2.63. The number of halogens is 3. The molecular formula is C19H19F3N2O. The Morgan fingerprint density at radius 1 is 1.12 bits per heavy atom. The zero-order valence-electron chi connectivity index (χ0n) is 13.6. The Balaban J connectivity index is 1.68. The molecule has 6 heteroatoms. The third kappa shape index (κ3) is 4.39. The summed E-state index contributed by atoms with van der Waals surface area (Å²) in [4.78, 5) is 14.6. The van der Waals surface area contributed by atoms with Gasteiger partial charge in [-0.3, -0.25) is 9.69 Å². The van der Waals surface area contributed by atoms with E-state index in [1.165, 1.54) is 12.1 Å². The average molecular weight is 348 g/mol. The fraction of sp³-hybridized carbons (Fsp3) is 0.316. The molecule has 1 unspecified atom stereocenters. The monoisotopic (exact) mass is 348 g/mol. The van der Waals surface area contributed by atoms with Crippen molar-refractivity contribution in [1.82, 2.24) is 4.90 Å². The van der Waals surface area contributed by atoms with Crippen LogP contribution in [-0.4, -0.2) is 23.4 Å². The number of carbonyl (C=O) groups excluding carboxylic acids is 1. The molecule has 3 nitrogen and oxygen atoms in total. The van der Waals surface area contributed by atoms with Crippen LogP contribution in [0.1, 0.15) is 24.0 Å². The van der Waals surface area contributed by atoms with Gasteiger partial charge < -0.3 is 5.32 Å². The van der Waals surface area contributed by atoms with Crippen LogP contribution in [0.2, 0.25) is 0 Å². The smallest absolute Gasteiger partial charge is 0.325 e. The Morgan fingerprint density at radius 2 is 1.88 bits per heavy atom. The third-order valence-corrected chi connectivity index (χ3v) is 4.35. The highest BCUT2D eigenvalue weighted by Gasteiger charge is 2.32. The van der Waals surface area contributed by atoms with Crippen molar-refractivity contribution in [1.29, 1.82) is 0 Å². The van der Waals surface area contributed by atoms with Gasteiger partial charge in [-0.2, -0.15) is 13.2 Å². The maximum atomic E-state index is 12.8. The molecule has 1 heterocycles. The summed E-state index contributed by atoms with van der Waals surface area (Å²) in [7, 11) is 0. The van der Waals surface area contributed by atoms with Gasteiger partial charge in [0, 0.05) is 12.2 Å². The lowest BCUT2D eigenvalue weighted by Crippen LogP contribution is -2.39. The van der Waals surface area contributed by atoms with Crippen LogP contribution in [0, 0.1) is 0 Å². The first-order valence-corrected chi connectivity index (χ1v) is 8.19. The number of nitrogens with one attached hydrogen (secondary N) is 1. The van der Waals surface area contributed by atoms with Crippen LogP contribution in [0.25, 0.3) is 0 Å². The number of benzene rings is 2. The van der Waals surface area contributed by atoms with E-state index in [9.17, 15) is 18.0 Å². The zero-order chi connectivity index (χ0) is 17.9. The standard InChI is InChI=1S/C19H19F3N2O/c20-19(21,22)15-8-4-9-16(12-15)23-18(25)17-10-5-11-24(17)13-14-6-2-1-3-7-14/h1-4,6-9,12,17H,5,10-11,13H2,(H,23,25). The molecule has 3 rings (SSSR count). The predicted octanol–water partition coefficient (Wildman–Crippen LogP) is 4.31. The molecule has 1 fully saturated rings. The van der Waals surface area contributed by atoms with Crippen LogP contribution in [0.15, 0.2) is 54.6 Å². The van der Waals surface area contributed by atoms with E-state index in [1.807, 2.05) is 30.3 Å². The van der Waals surface area contributed by atoms with E-state index in [0.29, 0.717) is 13.0 Å². The molecule has 25 heavy (non-hydrogen) atoms. The molecule has 0 aliphatic carbocycles. The van der Waals surface area contributed by atoms with Crippen molar-refractivity contribution in [2.75, 3.05) is 11.9 Å². The minimum Gasteiger partial charge on any atom is -0.325 e. The van der Waals surface area contributed by atoms with Gasteiger partial charge in [0.1, 0.15) is 0 Å². The molecule has 1 aliphatic heterocycles. The van der Waals surface area contributed by atoms with E-state index in [1.54, 1.807) is 0 Å². The molecule has 1 aliphatic rings. The molecule has 2 aromatic rings. The lowest BCUT2D eigenvalue weighted by Gasteiger charge is -2.24. The van der Waals surface area contributed by atoms with Crippen molar-refractivity contribution in [2.45, 2.75) is 31.6 Å². The Kier molecular flexibility index (Phi) is 5.08. The normalized spacial score (nSPS) is 18.3. The quantitative estimate of drug-likeness (QED) is 0.893. The first kappa shape index (κ1) is 17.5. The van der Waals surface area contributed by atoms with Gasteiger partial charge in [-0.25, -0.2) is 0 Å². The zero-order valence-corrected chi connectivity index (χ0v) is 13.6. The number of rotatable bonds is 4. The third-order valence-electron chi connectivity index (χ3n) is 4.35. The van der Waals surface area contributed by atoms with Crippen LogP contribution in [0.3, 0.4) is 0 Å². The summed E-state index contributed by atoms with van der Waals surface area (Å²) in [6.07, 6.45) is -2.82. The van der Waals surface area contributed by atoms with Crippen LogP contribution in [-0.2, 0) is 17.5 Å². The van der Waals surface area contributed by atoms with Gasteiger partial charge in [0.05, 0.1) is 11.6 Å². The molecule has 1 amide bonds. The first-order chi connectivity index (χ1) is 11.9. The molecule has 2 aromatic carbocycles. The Hall–Kier alpha value is -2.34. The highest BCUT2D eigenvalue weighted by atomic mass is 19.4. The Bertz CT molecular complexity index is 731. The molecule has 1 saturated heterocycles. The largest absolute Gasteiger partial charge is 0.416 e. The lowest BCUT2D eigenvalue weighted by atomic mass is 10.1. The van der Waals surface area contributed by atoms with Gasteiger partial charge in [0.15, 0.2) is 0 Å². The van der Waals surface area contributed by atoms with Gasteiger partial charge >= 0.3 is 6.18 Å². The van der Waals surface area contributed by atoms with Crippen LogP contribution in [0.5, 0.6) is 0 Å². The molecule has 0 bridgehead atoms. The molecule has 1 N–H and O–H groups in total. The summed E-state index contributed by atoms with van der Waals surface area (Å²) >= 11 is 0. The molecule has 1 atom stereocenters. The number of amides is 1. The number of alkyl halides is 3. The second-order valence-corrected chi connectivity index (χ2v) is 6.18. The highest BCUT2D eigenvalue weighted by Crippen LogP contribution is 2.31. The maximum Gasteiger partial charge on any atom is 0.416 e. The van der Waals surface area contributed by atoms with Crippen molar-refractivity contribution in [3.63, 3.8) is 0 Å². The second-order valence-electron chi connectivity index (χ2n) is 6.18. The fourth-order valence-electron chi connectivity index (χ4n) is 3.13. The first-order valence-electron chi connectivity index (χ1n) is 8.19. The molecular weight excluding hydrogens is 329 g/mol. The average Bonchev–Trinajstić information content (AvgIpc) is 3.03. The number of carbonyl (C=O) groups is 1. The molecule has 0 spiro atoms. The van der Waals surface area contributed by atoms with Gasteiger partial charge in [-0.1, -0.05) is 36.4 Å². The van der Waals surface area contributed by atoms with Crippen molar-refractivity contribution < 1.29 is 18.0 Å². The summed E-state index contributed by atoms with van der Waals surface area (Å²) in [5.41, 5.74) is 0.519. The van der Waals surface area contributed by atoms with Crippen LogP contribution >= 0.6 is 0 Å². The minimum absolute atomic E-state index is 0.173. The summed E-state index contributed by atoms with van der Waals surface area (Å²) < 4.78 is 38.4. The highest BCUT2D eigenvalue weighted by molar-refractivity contribution is 5.95.